The van der Waals surface area contributed by atoms with Crippen molar-refractivity contribution < 1.29 is 9.18 Å². The van der Waals surface area contributed by atoms with Gasteiger partial charge in [-0.2, -0.15) is 0 Å². The predicted octanol–water partition coefficient (Wildman–Crippen LogP) is 5.00. The van der Waals surface area contributed by atoms with Crippen LogP contribution in [0.4, 0.5) is 20.7 Å². The zero-order chi connectivity index (χ0) is 19.7. The molecule has 5 nitrogen and oxygen atoms in total. The number of anilines is 2. The number of amides is 2. The highest BCUT2D eigenvalue weighted by atomic mass is 19.1. The Morgan fingerprint density at radius 3 is 2.82 bits per heavy atom. The second-order valence-electron chi connectivity index (χ2n) is 7.44. The number of urea groups is 1. The van der Waals surface area contributed by atoms with Crippen molar-refractivity contribution in [1.82, 2.24) is 10.3 Å². The third-order valence-corrected chi connectivity index (χ3v) is 4.87. The van der Waals surface area contributed by atoms with E-state index in [-0.39, 0.29) is 23.9 Å². The number of pyridine rings is 1. The van der Waals surface area contributed by atoms with E-state index >= 15 is 0 Å². The zero-order valence-electron chi connectivity index (χ0n) is 15.9. The maximum atomic E-state index is 13.4. The molecule has 1 aliphatic rings. The minimum Gasteiger partial charge on any atom is -0.363 e. The van der Waals surface area contributed by atoms with Gasteiger partial charge in [0.25, 0.3) is 0 Å². The second-order valence-corrected chi connectivity index (χ2v) is 7.44. The van der Waals surface area contributed by atoms with Crippen molar-refractivity contribution in [3.8, 4) is 0 Å². The molecular formula is C22H23FN4O. The minimum atomic E-state index is -0.225. The van der Waals surface area contributed by atoms with Gasteiger partial charge in [0.2, 0.25) is 0 Å². The molecule has 0 bridgehead atoms. The highest BCUT2D eigenvalue weighted by Gasteiger charge is 2.23. The van der Waals surface area contributed by atoms with Crippen LogP contribution in [0.3, 0.4) is 0 Å². The number of aromatic nitrogens is 1. The molecule has 3 aromatic rings. The largest absolute Gasteiger partial charge is 0.363 e. The van der Waals surface area contributed by atoms with Crippen molar-refractivity contribution in [2.75, 3.05) is 10.6 Å². The average Bonchev–Trinajstić information content (AvgIpc) is 3.03. The van der Waals surface area contributed by atoms with Gasteiger partial charge in [0.15, 0.2) is 0 Å². The fourth-order valence-electron chi connectivity index (χ4n) is 3.63. The van der Waals surface area contributed by atoms with Gasteiger partial charge in [-0.1, -0.05) is 6.07 Å². The van der Waals surface area contributed by atoms with Gasteiger partial charge >= 0.3 is 6.03 Å². The number of hydrogen-bond donors (Lipinski definition) is 3. The normalized spacial score (nSPS) is 15.5. The topological polar surface area (TPSA) is 66.0 Å². The van der Waals surface area contributed by atoms with Crippen LogP contribution in [0.1, 0.15) is 37.4 Å². The monoisotopic (exact) mass is 378 g/mol. The van der Waals surface area contributed by atoms with Crippen molar-refractivity contribution in [2.45, 2.75) is 38.8 Å². The van der Waals surface area contributed by atoms with E-state index in [2.05, 4.69) is 20.9 Å². The van der Waals surface area contributed by atoms with E-state index in [0.29, 0.717) is 0 Å². The molecule has 1 heterocycles. The SMILES string of the molecule is CC(C)NC(=O)Nc1ccc2nc(NC3CCc4cc(F)ccc43)ccc2c1. The van der Waals surface area contributed by atoms with Crippen LogP contribution in [0.5, 0.6) is 0 Å². The van der Waals surface area contributed by atoms with Crippen LogP contribution < -0.4 is 16.0 Å². The number of carbonyl (C=O) groups is 1. The van der Waals surface area contributed by atoms with E-state index in [9.17, 15) is 9.18 Å². The summed E-state index contributed by atoms with van der Waals surface area (Å²) in [6.45, 7) is 3.83. The van der Waals surface area contributed by atoms with E-state index in [1.54, 1.807) is 6.07 Å². The maximum Gasteiger partial charge on any atom is 0.319 e. The molecule has 0 saturated heterocycles. The molecule has 28 heavy (non-hydrogen) atoms. The Labute approximate surface area is 163 Å². The quantitative estimate of drug-likeness (QED) is 0.598. The summed E-state index contributed by atoms with van der Waals surface area (Å²) in [5.74, 6) is 0.600. The second kappa shape index (κ2) is 7.46. The molecule has 0 spiro atoms. The molecule has 1 aliphatic carbocycles. The Morgan fingerprint density at radius 1 is 1.14 bits per heavy atom. The molecule has 1 atom stereocenters. The maximum absolute atomic E-state index is 13.4. The number of fused-ring (bicyclic) bond motifs is 2. The first kappa shape index (κ1) is 18.2. The number of rotatable bonds is 4. The van der Waals surface area contributed by atoms with Crippen LogP contribution in [-0.2, 0) is 6.42 Å². The Kier molecular flexibility index (Phi) is 4.86. The van der Waals surface area contributed by atoms with E-state index in [1.807, 2.05) is 50.2 Å². The van der Waals surface area contributed by atoms with Crippen molar-refractivity contribution in [1.29, 1.82) is 0 Å². The minimum absolute atomic E-state index is 0.0768. The first-order valence-electron chi connectivity index (χ1n) is 9.51. The summed E-state index contributed by atoms with van der Waals surface area (Å²) < 4.78 is 13.4. The van der Waals surface area contributed by atoms with Crippen molar-refractivity contribution in [3.63, 3.8) is 0 Å². The molecule has 3 N–H and O–H groups in total. The summed E-state index contributed by atoms with van der Waals surface area (Å²) >= 11 is 0. The predicted molar refractivity (Wildman–Crippen MR) is 110 cm³/mol. The lowest BCUT2D eigenvalue weighted by Crippen LogP contribution is -2.34. The Morgan fingerprint density at radius 2 is 2.00 bits per heavy atom. The Balaban J connectivity index is 1.50. The molecule has 1 unspecified atom stereocenters. The van der Waals surface area contributed by atoms with Crippen molar-refractivity contribution >= 4 is 28.4 Å². The Bertz CT molecular complexity index is 1030. The van der Waals surface area contributed by atoms with Crippen molar-refractivity contribution in [2.24, 2.45) is 0 Å². The lowest BCUT2D eigenvalue weighted by atomic mass is 10.1. The number of halogens is 1. The zero-order valence-corrected chi connectivity index (χ0v) is 15.9. The molecule has 2 amide bonds. The third kappa shape index (κ3) is 3.91. The number of nitrogens with zero attached hydrogens (tertiary/aromatic N) is 1. The molecule has 0 fully saturated rings. The standard InChI is InChI=1S/C22H23FN4O/c1-13(2)24-22(28)25-17-6-9-19-15(12-17)4-10-21(26-19)27-20-8-3-14-11-16(23)5-7-18(14)20/h4-7,9-13,20H,3,8H2,1-2H3,(H,26,27)(H2,24,25,28). The molecular weight excluding hydrogens is 355 g/mol. The summed E-state index contributed by atoms with van der Waals surface area (Å²) in [7, 11) is 0. The molecule has 4 rings (SSSR count). The lowest BCUT2D eigenvalue weighted by molar-refractivity contribution is 0.250. The highest BCUT2D eigenvalue weighted by Crippen LogP contribution is 2.34. The lowest BCUT2D eigenvalue weighted by Gasteiger charge is -2.15. The van der Waals surface area contributed by atoms with Gasteiger partial charge in [-0.05, 0) is 80.3 Å². The number of benzene rings is 2. The molecule has 0 radical (unpaired) electrons. The van der Waals surface area contributed by atoms with E-state index < -0.39 is 0 Å². The molecule has 2 aromatic carbocycles. The molecule has 6 heteroatoms. The smallest absolute Gasteiger partial charge is 0.319 e. The van der Waals surface area contributed by atoms with E-state index in [1.165, 1.54) is 6.07 Å². The van der Waals surface area contributed by atoms with Crippen LogP contribution in [0.15, 0.2) is 48.5 Å². The van der Waals surface area contributed by atoms with E-state index in [0.717, 1.165) is 46.4 Å². The van der Waals surface area contributed by atoms with E-state index in [4.69, 9.17) is 0 Å². The summed E-state index contributed by atoms with van der Waals surface area (Å²) in [6, 6.07) is 14.5. The number of nitrogens with one attached hydrogen (secondary N) is 3. The number of hydrogen-bond acceptors (Lipinski definition) is 3. The summed E-state index contributed by atoms with van der Waals surface area (Å²) in [5.41, 5.74) is 3.77. The summed E-state index contributed by atoms with van der Waals surface area (Å²) in [6.07, 6.45) is 1.79. The average molecular weight is 378 g/mol. The first-order chi connectivity index (χ1) is 13.5. The summed E-state index contributed by atoms with van der Waals surface area (Å²) in [5, 5.41) is 10.0. The van der Waals surface area contributed by atoms with Crippen LogP contribution in [0.2, 0.25) is 0 Å². The van der Waals surface area contributed by atoms with Gasteiger partial charge in [0.05, 0.1) is 11.6 Å². The van der Waals surface area contributed by atoms with Crippen molar-refractivity contribution in [3.05, 3.63) is 65.5 Å². The number of carbonyl (C=O) groups excluding carboxylic acids is 1. The van der Waals surface area contributed by atoms with Gasteiger partial charge in [0.1, 0.15) is 11.6 Å². The van der Waals surface area contributed by atoms with Crippen LogP contribution in [0.25, 0.3) is 10.9 Å². The fourth-order valence-corrected chi connectivity index (χ4v) is 3.63. The molecule has 0 aliphatic heterocycles. The van der Waals surface area contributed by atoms with Crippen LogP contribution >= 0.6 is 0 Å². The van der Waals surface area contributed by atoms with Crippen LogP contribution in [0, 0.1) is 5.82 Å². The number of aryl methyl sites for hydroxylation is 1. The van der Waals surface area contributed by atoms with Gasteiger partial charge < -0.3 is 16.0 Å². The van der Waals surface area contributed by atoms with Gasteiger partial charge in [0, 0.05) is 17.1 Å². The molecule has 1 aromatic heterocycles. The molecule has 0 saturated carbocycles. The first-order valence-corrected chi connectivity index (χ1v) is 9.51. The fraction of sp³-hybridized carbons (Fsp3) is 0.273. The highest BCUT2D eigenvalue weighted by molar-refractivity contribution is 5.93. The van der Waals surface area contributed by atoms with Gasteiger partial charge in [-0.3, -0.25) is 0 Å². The summed E-state index contributed by atoms with van der Waals surface area (Å²) in [4.78, 5) is 16.5. The van der Waals surface area contributed by atoms with Gasteiger partial charge in [-0.25, -0.2) is 14.2 Å². The van der Waals surface area contributed by atoms with Crippen LogP contribution in [-0.4, -0.2) is 17.1 Å². The third-order valence-electron chi connectivity index (χ3n) is 4.87. The van der Waals surface area contributed by atoms with Gasteiger partial charge in [-0.15, -0.1) is 0 Å². The Hall–Kier alpha value is -3.15. The molecule has 144 valence electrons.